The Morgan fingerprint density at radius 3 is 2.64 bits per heavy atom. The lowest BCUT2D eigenvalue weighted by Gasteiger charge is -2.13. The van der Waals surface area contributed by atoms with Crippen molar-refractivity contribution in [1.29, 1.82) is 0 Å². The Kier molecular flexibility index (Phi) is 4.71. The van der Waals surface area contributed by atoms with Gasteiger partial charge >= 0.3 is 0 Å². The fraction of sp³-hybridized carbons (Fsp3) is 0.182. The van der Waals surface area contributed by atoms with Crippen molar-refractivity contribution in [2.45, 2.75) is 19.6 Å². The predicted molar refractivity (Wildman–Crippen MR) is 108 cm³/mol. The van der Waals surface area contributed by atoms with Crippen molar-refractivity contribution in [2.75, 3.05) is 7.11 Å². The summed E-state index contributed by atoms with van der Waals surface area (Å²) < 4.78 is 8.33. The van der Waals surface area contributed by atoms with Crippen molar-refractivity contribution in [1.82, 2.24) is 14.2 Å². The number of nitrogens with zero attached hydrogens (tertiary/aromatic N) is 3. The van der Waals surface area contributed by atoms with Crippen molar-refractivity contribution in [2.24, 2.45) is 0 Å². The third kappa shape index (κ3) is 3.42. The number of ether oxygens (including phenoxy) is 1. The van der Waals surface area contributed by atoms with Crippen LogP contribution in [0.15, 0.2) is 71.8 Å². The highest BCUT2D eigenvalue weighted by Gasteiger charge is 2.13. The Morgan fingerprint density at radius 1 is 1.11 bits per heavy atom. The molecule has 0 radical (unpaired) electrons. The minimum Gasteiger partial charge on any atom is -0.497 e. The van der Waals surface area contributed by atoms with Gasteiger partial charge in [-0.3, -0.25) is 4.79 Å². The van der Waals surface area contributed by atoms with E-state index in [1.165, 1.54) is 4.57 Å². The number of aryl methyl sites for hydroxylation is 1. The molecule has 0 bridgehead atoms. The number of hydrogen-bond donors (Lipinski definition) is 1. The van der Waals surface area contributed by atoms with Gasteiger partial charge in [-0.15, -0.1) is 0 Å². The van der Waals surface area contributed by atoms with E-state index in [1.807, 2.05) is 55.5 Å². The summed E-state index contributed by atoms with van der Waals surface area (Å²) in [6.45, 7) is 2.17. The first-order valence-corrected chi connectivity index (χ1v) is 9.03. The van der Waals surface area contributed by atoms with Gasteiger partial charge < -0.3 is 14.4 Å². The van der Waals surface area contributed by atoms with Crippen LogP contribution in [0.1, 0.15) is 17.2 Å². The summed E-state index contributed by atoms with van der Waals surface area (Å²) in [5.41, 5.74) is 3.72. The molecule has 1 unspecified atom stereocenters. The zero-order chi connectivity index (χ0) is 19.7. The Hall–Kier alpha value is -3.38. The molecular weight excluding hydrogens is 354 g/mol. The highest BCUT2D eigenvalue weighted by Crippen LogP contribution is 2.23. The van der Waals surface area contributed by atoms with E-state index < -0.39 is 6.10 Å². The Bertz CT molecular complexity index is 1180. The molecule has 0 aliphatic heterocycles. The van der Waals surface area contributed by atoms with Gasteiger partial charge in [0.15, 0.2) is 0 Å². The number of benzene rings is 2. The smallest absolute Gasteiger partial charge is 0.276 e. The highest BCUT2D eigenvalue weighted by atomic mass is 16.5. The van der Waals surface area contributed by atoms with Crippen LogP contribution in [0.5, 0.6) is 5.75 Å². The Balaban J connectivity index is 1.67. The number of aliphatic hydroxyl groups is 1. The van der Waals surface area contributed by atoms with Crippen LogP contribution in [0, 0.1) is 6.92 Å². The quantitative estimate of drug-likeness (QED) is 0.582. The van der Waals surface area contributed by atoms with E-state index in [1.54, 1.807) is 30.1 Å². The van der Waals surface area contributed by atoms with Crippen molar-refractivity contribution >= 4 is 5.52 Å². The van der Waals surface area contributed by atoms with Gasteiger partial charge in [0.05, 0.1) is 25.5 Å². The summed E-state index contributed by atoms with van der Waals surface area (Å²) in [5.74, 6) is 0.730. The van der Waals surface area contributed by atoms with Crippen LogP contribution in [0.25, 0.3) is 16.8 Å². The highest BCUT2D eigenvalue weighted by molar-refractivity contribution is 5.66. The van der Waals surface area contributed by atoms with Gasteiger partial charge in [-0.2, -0.15) is 5.10 Å². The van der Waals surface area contributed by atoms with Crippen molar-refractivity contribution in [3.63, 3.8) is 0 Å². The second kappa shape index (κ2) is 7.32. The fourth-order valence-electron chi connectivity index (χ4n) is 3.17. The van der Waals surface area contributed by atoms with Crippen molar-refractivity contribution < 1.29 is 9.84 Å². The molecule has 0 saturated heterocycles. The molecule has 0 spiro atoms. The minimum atomic E-state index is -0.762. The van der Waals surface area contributed by atoms with Crippen LogP contribution in [-0.4, -0.2) is 26.4 Å². The minimum absolute atomic E-state index is 0.179. The second-order valence-electron chi connectivity index (χ2n) is 6.77. The number of fused-ring (bicyclic) bond motifs is 1. The number of rotatable bonds is 5. The van der Waals surface area contributed by atoms with Crippen LogP contribution >= 0.6 is 0 Å². The normalized spacial score (nSPS) is 12.2. The molecular formula is C22H21N3O3. The summed E-state index contributed by atoms with van der Waals surface area (Å²) in [5, 5.41) is 15.0. The molecule has 0 saturated carbocycles. The second-order valence-corrected chi connectivity index (χ2v) is 6.77. The lowest BCUT2D eigenvalue weighted by atomic mass is 10.1. The SMILES string of the molecule is COc1cccc(-c2cc3c(=O)n(CC(O)c4ccc(C)cc4)ccn3n2)c1. The van der Waals surface area contributed by atoms with Gasteiger partial charge in [0, 0.05) is 18.0 Å². The molecule has 0 aliphatic rings. The molecule has 2 aromatic carbocycles. The summed E-state index contributed by atoms with van der Waals surface area (Å²) >= 11 is 0. The number of methoxy groups -OCH3 is 1. The van der Waals surface area contributed by atoms with Gasteiger partial charge in [-0.25, -0.2) is 4.52 Å². The van der Waals surface area contributed by atoms with Crippen LogP contribution in [0.4, 0.5) is 0 Å². The monoisotopic (exact) mass is 375 g/mol. The molecule has 0 amide bonds. The van der Waals surface area contributed by atoms with E-state index >= 15 is 0 Å². The lowest BCUT2D eigenvalue weighted by Crippen LogP contribution is -2.24. The molecule has 2 heterocycles. The molecule has 28 heavy (non-hydrogen) atoms. The van der Waals surface area contributed by atoms with Crippen LogP contribution in [0.3, 0.4) is 0 Å². The molecule has 1 atom stereocenters. The average Bonchev–Trinajstić information content (AvgIpc) is 3.16. The van der Waals surface area contributed by atoms with Crippen LogP contribution in [-0.2, 0) is 6.54 Å². The third-order valence-corrected chi connectivity index (χ3v) is 4.80. The third-order valence-electron chi connectivity index (χ3n) is 4.80. The van der Waals surface area contributed by atoms with Crippen molar-refractivity contribution in [3.05, 3.63) is 88.5 Å². The molecule has 4 aromatic rings. The number of hydrogen-bond acceptors (Lipinski definition) is 4. The maximum atomic E-state index is 12.9. The maximum Gasteiger partial charge on any atom is 0.276 e. The molecule has 0 aliphatic carbocycles. The predicted octanol–water partition coefficient (Wildman–Crippen LogP) is 3.21. The zero-order valence-corrected chi connectivity index (χ0v) is 15.7. The molecule has 2 aromatic heterocycles. The summed E-state index contributed by atoms with van der Waals surface area (Å²) in [4.78, 5) is 12.9. The first kappa shape index (κ1) is 18.0. The lowest BCUT2D eigenvalue weighted by molar-refractivity contribution is 0.155. The van der Waals surface area contributed by atoms with Crippen LogP contribution in [0.2, 0.25) is 0 Å². The maximum absolute atomic E-state index is 12.9. The van der Waals surface area contributed by atoms with E-state index in [0.29, 0.717) is 11.2 Å². The summed E-state index contributed by atoms with van der Waals surface area (Å²) in [7, 11) is 1.61. The molecule has 0 fully saturated rings. The molecule has 1 N–H and O–H groups in total. The Morgan fingerprint density at radius 2 is 1.89 bits per heavy atom. The van der Waals surface area contributed by atoms with Crippen molar-refractivity contribution in [3.8, 4) is 17.0 Å². The standard InChI is InChI=1S/C22H21N3O3/c1-15-6-8-16(9-7-15)21(26)14-24-10-11-25-20(22(24)27)13-19(23-25)17-4-3-5-18(12-17)28-2/h3-13,21,26H,14H2,1-2H3. The summed E-state index contributed by atoms with van der Waals surface area (Å²) in [6, 6.07) is 16.9. The average molecular weight is 375 g/mol. The topological polar surface area (TPSA) is 68.8 Å². The molecule has 6 nitrogen and oxygen atoms in total. The van der Waals surface area contributed by atoms with Crippen LogP contribution < -0.4 is 10.3 Å². The van der Waals surface area contributed by atoms with E-state index in [9.17, 15) is 9.90 Å². The summed E-state index contributed by atoms with van der Waals surface area (Å²) in [6.07, 6.45) is 2.61. The van der Waals surface area contributed by atoms with Gasteiger partial charge in [0.2, 0.25) is 0 Å². The first-order chi connectivity index (χ1) is 13.5. The molecule has 4 rings (SSSR count). The molecule has 6 heteroatoms. The van der Waals surface area contributed by atoms with Gasteiger partial charge in [0.25, 0.3) is 5.56 Å². The molecule has 142 valence electrons. The van der Waals surface area contributed by atoms with E-state index in [2.05, 4.69) is 5.10 Å². The zero-order valence-electron chi connectivity index (χ0n) is 15.7. The fourth-order valence-corrected chi connectivity index (χ4v) is 3.17. The largest absolute Gasteiger partial charge is 0.497 e. The first-order valence-electron chi connectivity index (χ1n) is 9.03. The number of aromatic nitrogens is 3. The van der Waals surface area contributed by atoms with E-state index in [-0.39, 0.29) is 12.1 Å². The number of aliphatic hydroxyl groups excluding tert-OH is 1. The van der Waals surface area contributed by atoms with E-state index in [4.69, 9.17) is 4.74 Å². The van der Waals surface area contributed by atoms with Gasteiger partial charge in [-0.1, -0.05) is 42.0 Å². The van der Waals surface area contributed by atoms with E-state index in [0.717, 1.165) is 22.4 Å². The van der Waals surface area contributed by atoms with Gasteiger partial charge in [-0.05, 0) is 30.7 Å². The van der Waals surface area contributed by atoms with Gasteiger partial charge in [0.1, 0.15) is 11.3 Å². The Labute approximate surface area is 162 Å².